The summed E-state index contributed by atoms with van der Waals surface area (Å²) in [6.07, 6.45) is 1.23. The van der Waals surface area contributed by atoms with Gasteiger partial charge in [-0.05, 0) is 26.3 Å². The lowest BCUT2D eigenvalue weighted by Crippen LogP contribution is -2.46. The number of carboxylic acid groups (broad SMARTS) is 1. The summed E-state index contributed by atoms with van der Waals surface area (Å²) in [4.78, 5) is 24.4. The number of aliphatic carboxylic acids is 1. The van der Waals surface area contributed by atoms with Crippen molar-refractivity contribution in [3.8, 4) is 0 Å². The Morgan fingerprint density at radius 2 is 2.19 bits per heavy atom. The lowest BCUT2D eigenvalue weighted by molar-refractivity contribution is -0.150. The van der Waals surface area contributed by atoms with Gasteiger partial charge in [-0.15, -0.1) is 0 Å². The van der Waals surface area contributed by atoms with Gasteiger partial charge in [0, 0.05) is 13.1 Å². The molecule has 92 valence electrons. The Labute approximate surface area is 95.8 Å². The number of nitrogens with zero attached hydrogens (tertiary/aromatic N) is 1. The Morgan fingerprint density at radius 1 is 1.56 bits per heavy atom. The van der Waals surface area contributed by atoms with E-state index >= 15 is 0 Å². The first kappa shape index (κ1) is 13.0. The van der Waals surface area contributed by atoms with E-state index in [4.69, 9.17) is 5.11 Å². The van der Waals surface area contributed by atoms with Crippen molar-refractivity contribution in [2.75, 3.05) is 13.6 Å². The second-order valence-electron chi connectivity index (χ2n) is 4.35. The minimum atomic E-state index is -0.933. The Morgan fingerprint density at radius 3 is 2.56 bits per heavy atom. The van der Waals surface area contributed by atoms with E-state index in [0.29, 0.717) is 6.42 Å². The second-order valence-corrected chi connectivity index (χ2v) is 4.35. The first-order valence-corrected chi connectivity index (χ1v) is 5.71. The molecular weight excluding hydrogens is 208 g/mol. The average Bonchev–Trinajstić information content (AvgIpc) is 2.63. The summed E-state index contributed by atoms with van der Waals surface area (Å²) in [7, 11) is 1.58. The molecule has 0 aromatic carbocycles. The molecule has 0 saturated carbocycles. The number of carboxylic acids is 1. The van der Waals surface area contributed by atoms with E-state index < -0.39 is 12.0 Å². The van der Waals surface area contributed by atoms with Crippen LogP contribution in [0.5, 0.6) is 0 Å². The third-order valence-corrected chi connectivity index (χ3v) is 3.33. The molecule has 1 aliphatic heterocycles. The van der Waals surface area contributed by atoms with Crippen LogP contribution in [0.15, 0.2) is 0 Å². The molecule has 0 bridgehead atoms. The van der Waals surface area contributed by atoms with Crippen LogP contribution >= 0.6 is 0 Å². The molecule has 16 heavy (non-hydrogen) atoms. The summed E-state index contributed by atoms with van der Waals surface area (Å²) in [6.45, 7) is 4.57. The van der Waals surface area contributed by atoms with E-state index in [9.17, 15) is 9.59 Å². The highest BCUT2D eigenvalue weighted by molar-refractivity contribution is 5.85. The first-order valence-electron chi connectivity index (χ1n) is 5.71. The van der Waals surface area contributed by atoms with Crippen LogP contribution in [0.25, 0.3) is 0 Å². The monoisotopic (exact) mass is 228 g/mol. The number of amides is 1. The van der Waals surface area contributed by atoms with Crippen molar-refractivity contribution in [3.63, 3.8) is 0 Å². The lowest BCUT2D eigenvalue weighted by atomic mass is 9.99. The summed E-state index contributed by atoms with van der Waals surface area (Å²) in [5, 5.41) is 12.2. The third kappa shape index (κ3) is 2.52. The Hall–Kier alpha value is -1.10. The number of carbonyl (C=O) groups excluding carboxylic acids is 1. The van der Waals surface area contributed by atoms with Gasteiger partial charge in [-0.1, -0.05) is 6.92 Å². The van der Waals surface area contributed by atoms with Crippen molar-refractivity contribution >= 4 is 11.9 Å². The average molecular weight is 228 g/mol. The fourth-order valence-electron chi connectivity index (χ4n) is 2.23. The molecule has 1 amide bonds. The molecule has 1 saturated heterocycles. The van der Waals surface area contributed by atoms with Crippen molar-refractivity contribution in [2.24, 2.45) is 5.92 Å². The predicted molar refractivity (Wildman–Crippen MR) is 60.1 cm³/mol. The quantitative estimate of drug-likeness (QED) is 0.726. The standard InChI is InChI=1S/C11H20N2O3/c1-4-9(11(15)16)13(3)10(14)8-5-6-12-7(8)2/h7-9,12H,4-6H2,1-3H3,(H,15,16). The zero-order valence-corrected chi connectivity index (χ0v) is 10.1. The largest absolute Gasteiger partial charge is 0.480 e. The minimum Gasteiger partial charge on any atom is -0.480 e. The van der Waals surface area contributed by atoms with Crippen LogP contribution in [0.4, 0.5) is 0 Å². The second kappa shape index (κ2) is 5.30. The van der Waals surface area contributed by atoms with Crippen LogP contribution < -0.4 is 5.32 Å². The van der Waals surface area contributed by atoms with Crippen LogP contribution in [-0.4, -0.2) is 47.6 Å². The molecule has 2 N–H and O–H groups in total. The highest BCUT2D eigenvalue weighted by Crippen LogP contribution is 2.19. The highest BCUT2D eigenvalue weighted by Gasteiger charge is 2.35. The molecule has 0 aromatic heterocycles. The maximum Gasteiger partial charge on any atom is 0.326 e. The molecular formula is C11H20N2O3. The fraction of sp³-hybridized carbons (Fsp3) is 0.818. The molecule has 1 rings (SSSR count). The Kier molecular flexibility index (Phi) is 4.29. The van der Waals surface area contributed by atoms with Gasteiger partial charge in [0.15, 0.2) is 0 Å². The SMILES string of the molecule is CCC(C(=O)O)N(C)C(=O)C1CCNC1C. The predicted octanol–water partition coefficient (Wildman–Crippen LogP) is 0.306. The highest BCUT2D eigenvalue weighted by atomic mass is 16.4. The number of carbonyl (C=O) groups is 2. The number of rotatable bonds is 4. The number of hydrogen-bond donors (Lipinski definition) is 2. The van der Waals surface area contributed by atoms with E-state index in [1.807, 2.05) is 6.92 Å². The van der Waals surface area contributed by atoms with Crippen molar-refractivity contribution in [1.82, 2.24) is 10.2 Å². The minimum absolute atomic E-state index is 0.0632. The maximum absolute atomic E-state index is 12.1. The van der Waals surface area contributed by atoms with Gasteiger partial charge < -0.3 is 15.3 Å². The molecule has 3 unspecified atom stereocenters. The van der Waals surface area contributed by atoms with Crippen LogP contribution in [-0.2, 0) is 9.59 Å². The van der Waals surface area contributed by atoms with E-state index in [2.05, 4.69) is 5.32 Å². The van der Waals surface area contributed by atoms with Gasteiger partial charge in [0.05, 0.1) is 5.92 Å². The van der Waals surface area contributed by atoms with Gasteiger partial charge in [-0.25, -0.2) is 4.79 Å². The molecule has 1 fully saturated rings. The van der Waals surface area contributed by atoms with Crippen molar-refractivity contribution in [3.05, 3.63) is 0 Å². The van der Waals surface area contributed by atoms with Crippen molar-refractivity contribution in [2.45, 2.75) is 38.8 Å². The Balaban J connectivity index is 2.68. The van der Waals surface area contributed by atoms with Gasteiger partial charge in [0.25, 0.3) is 0 Å². The number of hydrogen-bond acceptors (Lipinski definition) is 3. The van der Waals surface area contributed by atoms with E-state index in [1.54, 1.807) is 14.0 Å². The molecule has 0 aliphatic carbocycles. The summed E-state index contributed by atoms with van der Waals surface area (Å²) < 4.78 is 0. The number of likely N-dealkylation sites (N-methyl/N-ethyl adjacent to an activating group) is 1. The molecule has 1 aliphatic rings. The zero-order valence-electron chi connectivity index (χ0n) is 10.1. The first-order chi connectivity index (χ1) is 7.49. The van der Waals surface area contributed by atoms with E-state index in [1.165, 1.54) is 4.90 Å². The van der Waals surface area contributed by atoms with Crippen molar-refractivity contribution < 1.29 is 14.7 Å². The summed E-state index contributed by atoms with van der Waals surface area (Å²) >= 11 is 0. The number of nitrogens with one attached hydrogen (secondary N) is 1. The molecule has 5 heteroatoms. The van der Waals surface area contributed by atoms with Crippen LogP contribution in [0.3, 0.4) is 0 Å². The molecule has 1 heterocycles. The molecule has 3 atom stereocenters. The van der Waals surface area contributed by atoms with Gasteiger partial charge in [-0.3, -0.25) is 4.79 Å². The Bertz CT molecular complexity index is 280. The van der Waals surface area contributed by atoms with Crippen LogP contribution in [0, 0.1) is 5.92 Å². The normalized spacial score (nSPS) is 26.4. The van der Waals surface area contributed by atoms with Crippen molar-refractivity contribution in [1.29, 1.82) is 0 Å². The van der Waals surface area contributed by atoms with E-state index in [0.717, 1.165) is 13.0 Å². The third-order valence-electron chi connectivity index (χ3n) is 3.33. The molecule has 0 aromatic rings. The summed E-state index contributed by atoms with van der Waals surface area (Å²) in [5.41, 5.74) is 0. The molecule has 0 spiro atoms. The van der Waals surface area contributed by atoms with Gasteiger partial charge in [-0.2, -0.15) is 0 Å². The van der Waals surface area contributed by atoms with Crippen LogP contribution in [0.1, 0.15) is 26.7 Å². The lowest BCUT2D eigenvalue weighted by Gasteiger charge is -2.27. The molecule has 5 nitrogen and oxygen atoms in total. The fourth-order valence-corrected chi connectivity index (χ4v) is 2.23. The van der Waals surface area contributed by atoms with Crippen LogP contribution in [0.2, 0.25) is 0 Å². The summed E-state index contributed by atoms with van der Waals surface area (Å²) in [5.74, 6) is -1.08. The van der Waals surface area contributed by atoms with Gasteiger partial charge in [0.2, 0.25) is 5.91 Å². The smallest absolute Gasteiger partial charge is 0.326 e. The van der Waals surface area contributed by atoms with Gasteiger partial charge in [0.1, 0.15) is 6.04 Å². The maximum atomic E-state index is 12.1. The van der Waals surface area contributed by atoms with E-state index in [-0.39, 0.29) is 17.9 Å². The molecule has 0 radical (unpaired) electrons. The van der Waals surface area contributed by atoms with Gasteiger partial charge >= 0.3 is 5.97 Å². The topological polar surface area (TPSA) is 69.6 Å². The zero-order chi connectivity index (χ0) is 12.3. The summed E-state index contributed by atoms with van der Waals surface area (Å²) in [6, 6.07) is -0.568.